The molecule has 0 amide bonds. The number of nitrogens with zero attached hydrogens (tertiary/aromatic N) is 4. The Balaban J connectivity index is 2.51. The standard InChI is InChI=1S/C14H27N5/c1-14(2,3)17-11-12-9-15-13(16-10-12)19(6)8-7-18(4)5/h9-10,17H,7-8,11H2,1-6H3. The Bertz CT molecular complexity index is 366. The van der Waals surface area contributed by atoms with Crippen molar-refractivity contribution in [2.45, 2.75) is 32.9 Å². The van der Waals surface area contributed by atoms with Crippen LogP contribution in [0, 0.1) is 0 Å². The average Bonchev–Trinajstić information content (AvgIpc) is 2.33. The molecule has 0 aliphatic heterocycles. The zero-order valence-electron chi connectivity index (χ0n) is 13.1. The SMILES string of the molecule is CN(C)CCN(C)c1ncc(CNC(C)(C)C)cn1. The first kappa shape index (κ1) is 15.9. The van der Waals surface area contributed by atoms with Crippen molar-refractivity contribution in [1.82, 2.24) is 20.2 Å². The third-order valence-electron chi connectivity index (χ3n) is 2.74. The van der Waals surface area contributed by atoms with Crippen LogP contribution in [0.25, 0.3) is 0 Å². The van der Waals surface area contributed by atoms with Crippen molar-refractivity contribution in [1.29, 1.82) is 0 Å². The van der Waals surface area contributed by atoms with Gasteiger partial charge in [0.05, 0.1) is 0 Å². The molecule has 0 saturated heterocycles. The van der Waals surface area contributed by atoms with E-state index in [1.165, 1.54) is 0 Å². The van der Waals surface area contributed by atoms with Crippen LogP contribution < -0.4 is 10.2 Å². The van der Waals surface area contributed by atoms with E-state index in [1.807, 2.05) is 19.4 Å². The van der Waals surface area contributed by atoms with Gasteiger partial charge in [-0.15, -0.1) is 0 Å². The number of hydrogen-bond acceptors (Lipinski definition) is 5. The minimum atomic E-state index is 0.112. The third-order valence-corrected chi connectivity index (χ3v) is 2.74. The third kappa shape index (κ3) is 6.50. The van der Waals surface area contributed by atoms with E-state index in [9.17, 15) is 0 Å². The molecule has 0 aromatic carbocycles. The van der Waals surface area contributed by atoms with Gasteiger partial charge in [-0.3, -0.25) is 0 Å². The zero-order valence-corrected chi connectivity index (χ0v) is 13.1. The molecule has 19 heavy (non-hydrogen) atoms. The molecular weight excluding hydrogens is 238 g/mol. The lowest BCUT2D eigenvalue weighted by atomic mass is 10.1. The molecule has 1 aromatic heterocycles. The van der Waals surface area contributed by atoms with Crippen molar-refractivity contribution in [2.24, 2.45) is 0 Å². The molecule has 0 spiro atoms. The Morgan fingerprint density at radius 3 is 2.11 bits per heavy atom. The number of anilines is 1. The Labute approximate surface area is 117 Å². The van der Waals surface area contributed by atoms with Gasteiger partial charge in [-0.05, 0) is 34.9 Å². The van der Waals surface area contributed by atoms with Crippen LogP contribution in [0.3, 0.4) is 0 Å². The average molecular weight is 265 g/mol. The fraction of sp³-hybridized carbons (Fsp3) is 0.714. The summed E-state index contributed by atoms with van der Waals surface area (Å²) in [4.78, 5) is 13.0. The summed E-state index contributed by atoms with van der Waals surface area (Å²) in [6.07, 6.45) is 3.79. The minimum absolute atomic E-state index is 0.112. The number of aromatic nitrogens is 2. The molecule has 0 aliphatic rings. The molecule has 108 valence electrons. The van der Waals surface area contributed by atoms with Gasteiger partial charge < -0.3 is 15.1 Å². The van der Waals surface area contributed by atoms with Gasteiger partial charge in [-0.2, -0.15) is 0 Å². The Morgan fingerprint density at radius 1 is 1.05 bits per heavy atom. The van der Waals surface area contributed by atoms with Crippen LogP contribution in [-0.2, 0) is 6.54 Å². The molecule has 1 aromatic rings. The van der Waals surface area contributed by atoms with Gasteiger partial charge in [-0.25, -0.2) is 9.97 Å². The van der Waals surface area contributed by atoms with Gasteiger partial charge in [0.25, 0.3) is 0 Å². The summed E-state index contributed by atoms with van der Waals surface area (Å²) in [5, 5.41) is 3.43. The summed E-state index contributed by atoms with van der Waals surface area (Å²) >= 11 is 0. The minimum Gasteiger partial charge on any atom is -0.343 e. The van der Waals surface area contributed by atoms with E-state index in [4.69, 9.17) is 0 Å². The monoisotopic (exact) mass is 265 g/mol. The van der Waals surface area contributed by atoms with Crippen molar-refractivity contribution in [3.05, 3.63) is 18.0 Å². The van der Waals surface area contributed by atoms with Gasteiger partial charge >= 0.3 is 0 Å². The predicted octanol–water partition coefficient (Wildman–Crippen LogP) is 1.36. The normalized spacial score (nSPS) is 11.9. The van der Waals surface area contributed by atoms with E-state index in [2.05, 4.69) is 60.0 Å². The van der Waals surface area contributed by atoms with Gasteiger partial charge in [0.1, 0.15) is 0 Å². The second-order valence-electron chi connectivity index (χ2n) is 6.22. The molecule has 0 fully saturated rings. The fourth-order valence-corrected chi connectivity index (χ4v) is 1.45. The van der Waals surface area contributed by atoms with Gasteiger partial charge in [0.15, 0.2) is 0 Å². The molecule has 0 saturated carbocycles. The van der Waals surface area contributed by atoms with E-state index in [0.29, 0.717) is 0 Å². The number of hydrogen-bond donors (Lipinski definition) is 1. The highest BCUT2D eigenvalue weighted by Gasteiger charge is 2.09. The highest BCUT2D eigenvalue weighted by molar-refractivity contribution is 5.28. The van der Waals surface area contributed by atoms with E-state index in [1.54, 1.807) is 0 Å². The molecule has 0 radical (unpaired) electrons. The van der Waals surface area contributed by atoms with E-state index >= 15 is 0 Å². The molecular formula is C14H27N5. The van der Waals surface area contributed by atoms with Gasteiger partial charge in [0, 0.05) is 50.2 Å². The maximum absolute atomic E-state index is 4.41. The molecule has 0 atom stereocenters. The highest BCUT2D eigenvalue weighted by Crippen LogP contribution is 2.06. The van der Waals surface area contributed by atoms with Crippen molar-refractivity contribution in [3.8, 4) is 0 Å². The quantitative estimate of drug-likeness (QED) is 0.841. The molecule has 5 nitrogen and oxygen atoms in total. The first-order chi connectivity index (χ1) is 8.78. The lowest BCUT2D eigenvalue weighted by molar-refractivity contribution is 0.415. The van der Waals surface area contributed by atoms with Crippen LogP contribution >= 0.6 is 0 Å². The molecule has 1 heterocycles. The highest BCUT2D eigenvalue weighted by atomic mass is 15.2. The Hall–Kier alpha value is -1.20. The van der Waals surface area contributed by atoms with Crippen molar-refractivity contribution < 1.29 is 0 Å². The predicted molar refractivity (Wildman–Crippen MR) is 80.4 cm³/mol. The van der Waals surface area contributed by atoms with Crippen molar-refractivity contribution in [2.75, 3.05) is 39.1 Å². The summed E-state index contributed by atoms with van der Waals surface area (Å²) in [6, 6.07) is 0. The summed E-state index contributed by atoms with van der Waals surface area (Å²) in [7, 11) is 6.15. The lowest BCUT2D eigenvalue weighted by Gasteiger charge is -2.21. The second kappa shape index (κ2) is 6.82. The smallest absolute Gasteiger partial charge is 0.225 e. The molecule has 0 bridgehead atoms. The van der Waals surface area contributed by atoms with Crippen LogP contribution in [0.2, 0.25) is 0 Å². The zero-order chi connectivity index (χ0) is 14.5. The van der Waals surface area contributed by atoms with Gasteiger partial charge in [0.2, 0.25) is 5.95 Å². The molecule has 5 heteroatoms. The van der Waals surface area contributed by atoms with Gasteiger partial charge in [-0.1, -0.05) is 0 Å². The fourth-order valence-electron chi connectivity index (χ4n) is 1.45. The van der Waals surface area contributed by atoms with Crippen LogP contribution in [0.1, 0.15) is 26.3 Å². The summed E-state index contributed by atoms with van der Waals surface area (Å²) in [5.74, 6) is 0.779. The molecule has 0 unspecified atom stereocenters. The molecule has 1 rings (SSSR count). The second-order valence-corrected chi connectivity index (χ2v) is 6.22. The maximum atomic E-state index is 4.41. The van der Waals surface area contributed by atoms with Crippen LogP contribution in [0.5, 0.6) is 0 Å². The topological polar surface area (TPSA) is 44.3 Å². The maximum Gasteiger partial charge on any atom is 0.225 e. The summed E-state index contributed by atoms with van der Waals surface area (Å²) in [5.41, 5.74) is 1.22. The van der Waals surface area contributed by atoms with Crippen molar-refractivity contribution >= 4 is 5.95 Å². The van der Waals surface area contributed by atoms with Crippen LogP contribution in [-0.4, -0.2) is 54.6 Å². The summed E-state index contributed by atoms with van der Waals surface area (Å²) in [6.45, 7) is 9.16. The first-order valence-electron chi connectivity index (χ1n) is 6.70. The molecule has 0 aliphatic carbocycles. The number of nitrogens with one attached hydrogen (secondary N) is 1. The van der Waals surface area contributed by atoms with Crippen LogP contribution in [0.4, 0.5) is 5.95 Å². The first-order valence-corrected chi connectivity index (χ1v) is 6.70. The number of likely N-dealkylation sites (N-methyl/N-ethyl adjacent to an activating group) is 2. The summed E-state index contributed by atoms with van der Waals surface area (Å²) < 4.78 is 0. The number of rotatable bonds is 6. The Kier molecular flexibility index (Phi) is 5.69. The van der Waals surface area contributed by atoms with E-state index < -0.39 is 0 Å². The van der Waals surface area contributed by atoms with E-state index in [-0.39, 0.29) is 5.54 Å². The molecule has 1 N–H and O–H groups in total. The Morgan fingerprint density at radius 2 is 1.63 bits per heavy atom. The van der Waals surface area contributed by atoms with Crippen molar-refractivity contribution in [3.63, 3.8) is 0 Å². The van der Waals surface area contributed by atoms with E-state index in [0.717, 1.165) is 31.1 Å². The largest absolute Gasteiger partial charge is 0.343 e. The lowest BCUT2D eigenvalue weighted by Crippen LogP contribution is -2.35. The van der Waals surface area contributed by atoms with Crippen LogP contribution in [0.15, 0.2) is 12.4 Å².